The number of rotatable bonds is 5. The quantitative estimate of drug-likeness (QED) is 0.843. The van der Waals surface area contributed by atoms with Gasteiger partial charge in [-0.25, -0.2) is 0 Å². The minimum Gasteiger partial charge on any atom is -0.497 e. The lowest BCUT2D eigenvalue weighted by Crippen LogP contribution is -2.47. The second-order valence-corrected chi connectivity index (χ2v) is 4.59. The van der Waals surface area contributed by atoms with Gasteiger partial charge in [-0.3, -0.25) is 4.90 Å². The van der Waals surface area contributed by atoms with Crippen LogP contribution in [0.2, 0.25) is 0 Å². The fourth-order valence-corrected chi connectivity index (χ4v) is 2.38. The molecule has 1 aromatic carbocycles. The molecule has 1 fully saturated rings. The van der Waals surface area contributed by atoms with Gasteiger partial charge in [0.1, 0.15) is 5.75 Å². The zero-order chi connectivity index (χ0) is 12.8. The summed E-state index contributed by atoms with van der Waals surface area (Å²) in [5.41, 5.74) is 7.18. The lowest BCUT2D eigenvalue weighted by molar-refractivity contribution is 0.0184. The van der Waals surface area contributed by atoms with E-state index in [4.69, 9.17) is 15.2 Å². The zero-order valence-electron chi connectivity index (χ0n) is 11.0. The van der Waals surface area contributed by atoms with Gasteiger partial charge in [-0.15, -0.1) is 0 Å². The Morgan fingerprint density at radius 3 is 2.83 bits per heavy atom. The van der Waals surface area contributed by atoms with E-state index in [0.717, 1.165) is 38.5 Å². The van der Waals surface area contributed by atoms with Crippen LogP contribution in [0, 0.1) is 0 Å². The molecule has 1 aromatic rings. The van der Waals surface area contributed by atoms with Crippen LogP contribution < -0.4 is 10.5 Å². The Kier molecular flexibility index (Phi) is 4.99. The fourth-order valence-electron chi connectivity index (χ4n) is 2.38. The van der Waals surface area contributed by atoms with Crippen LogP contribution in [0.4, 0.5) is 0 Å². The van der Waals surface area contributed by atoms with Crippen molar-refractivity contribution < 1.29 is 9.47 Å². The Labute approximate surface area is 109 Å². The molecule has 1 atom stereocenters. The van der Waals surface area contributed by atoms with Crippen molar-refractivity contribution in [3.8, 4) is 5.75 Å². The third kappa shape index (κ3) is 3.45. The van der Waals surface area contributed by atoms with Crippen molar-refractivity contribution in [3.63, 3.8) is 0 Å². The maximum Gasteiger partial charge on any atom is 0.119 e. The van der Waals surface area contributed by atoms with Crippen LogP contribution in [0.5, 0.6) is 5.75 Å². The lowest BCUT2D eigenvalue weighted by Gasteiger charge is -2.33. The second-order valence-electron chi connectivity index (χ2n) is 4.59. The molecule has 4 heteroatoms. The van der Waals surface area contributed by atoms with Crippen molar-refractivity contribution >= 4 is 0 Å². The number of hydrogen-bond acceptors (Lipinski definition) is 4. The first kappa shape index (κ1) is 13.3. The molecule has 2 rings (SSSR count). The summed E-state index contributed by atoms with van der Waals surface area (Å²) in [5.74, 6) is 0.908. The molecule has 1 aliphatic rings. The van der Waals surface area contributed by atoms with E-state index in [0.29, 0.717) is 12.6 Å². The summed E-state index contributed by atoms with van der Waals surface area (Å²) in [6.07, 6.45) is 0.966. The highest BCUT2D eigenvalue weighted by Gasteiger charge is 2.19. The number of nitrogens with zero attached hydrogens (tertiary/aromatic N) is 1. The normalized spacial score (nSPS) is 18.6. The molecule has 0 saturated carbocycles. The molecule has 0 aliphatic carbocycles. The monoisotopic (exact) mass is 250 g/mol. The van der Waals surface area contributed by atoms with Crippen LogP contribution in [0.15, 0.2) is 24.3 Å². The van der Waals surface area contributed by atoms with Gasteiger partial charge in [0, 0.05) is 25.7 Å². The van der Waals surface area contributed by atoms with E-state index in [-0.39, 0.29) is 0 Å². The molecule has 1 saturated heterocycles. The maximum atomic E-state index is 5.91. The fraction of sp³-hybridized carbons (Fsp3) is 0.571. The number of benzene rings is 1. The summed E-state index contributed by atoms with van der Waals surface area (Å²) >= 11 is 0. The molecule has 0 radical (unpaired) electrons. The standard InChI is InChI=1S/C14H22N2O2/c1-17-14-4-2-3-12(10-14)9-13(11-15)16-5-7-18-8-6-16/h2-4,10,13H,5-9,11,15H2,1H3. The molecule has 1 heterocycles. The van der Waals surface area contributed by atoms with E-state index in [1.807, 2.05) is 12.1 Å². The minimum atomic E-state index is 0.390. The topological polar surface area (TPSA) is 47.7 Å². The third-order valence-electron chi connectivity index (χ3n) is 3.44. The van der Waals surface area contributed by atoms with Gasteiger partial charge in [0.15, 0.2) is 0 Å². The van der Waals surface area contributed by atoms with Gasteiger partial charge >= 0.3 is 0 Å². The van der Waals surface area contributed by atoms with E-state index >= 15 is 0 Å². The van der Waals surface area contributed by atoms with Crippen molar-refractivity contribution in [1.82, 2.24) is 4.90 Å². The van der Waals surface area contributed by atoms with Gasteiger partial charge in [-0.1, -0.05) is 12.1 Å². The van der Waals surface area contributed by atoms with Crippen LogP contribution in [0.25, 0.3) is 0 Å². The molecule has 0 aromatic heterocycles. The van der Waals surface area contributed by atoms with Gasteiger partial charge in [0.05, 0.1) is 20.3 Å². The van der Waals surface area contributed by atoms with Gasteiger partial charge in [0.2, 0.25) is 0 Å². The molecule has 0 amide bonds. The first-order chi connectivity index (χ1) is 8.83. The predicted octanol–water partition coefficient (Wildman–Crippen LogP) is 0.897. The third-order valence-corrected chi connectivity index (χ3v) is 3.44. The maximum absolute atomic E-state index is 5.91. The van der Waals surface area contributed by atoms with Crippen molar-refractivity contribution in [2.45, 2.75) is 12.5 Å². The average molecular weight is 250 g/mol. The van der Waals surface area contributed by atoms with Crippen molar-refractivity contribution in [2.24, 2.45) is 5.73 Å². The Morgan fingerprint density at radius 2 is 2.17 bits per heavy atom. The number of ether oxygens (including phenoxy) is 2. The molecule has 1 aliphatic heterocycles. The van der Waals surface area contributed by atoms with Gasteiger partial charge in [-0.05, 0) is 24.1 Å². The average Bonchev–Trinajstić information content (AvgIpc) is 2.46. The SMILES string of the molecule is COc1cccc(CC(CN)N2CCOCC2)c1. The molecular formula is C14H22N2O2. The highest BCUT2D eigenvalue weighted by molar-refractivity contribution is 5.29. The largest absolute Gasteiger partial charge is 0.497 e. The molecule has 0 bridgehead atoms. The molecular weight excluding hydrogens is 228 g/mol. The Morgan fingerprint density at radius 1 is 1.39 bits per heavy atom. The number of morpholine rings is 1. The summed E-state index contributed by atoms with van der Waals surface area (Å²) in [6, 6.07) is 8.60. The summed E-state index contributed by atoms with van der Waals surface area (Å²) in [6.45, 7) is 4.26. The summed E-state index contributed by atoms with van der Waals surface area (Å²) in [5, 5.41) is 0. The first-order valence-electron chi connectivity index (χ1n) is 6.48. The summed E-state index contributed by atoms with van der Waals surface area (Å²) in [4.78, 5) is 2.42. The molecule has 2 N–H and O–H groups in total. The van der Waals surface area contributed by atoms with Crippen molar-refractivity contribution in [3.05, 3.63) is 29.8 Å². The molecule has 18 heavy (non-hydrogen) atoms. The van der Waals surface area contributed by atoms with Crippen LogP contribution in [-0.4, -0.2) is 50.9 Å². The van der Waals surface area contributed by atoms with E-state index < -0.39 is 0 Å². The summed E-state index contributed by atoms with van der Waals surface area (Å²) in [7, 11) is 1.70. The molecule has 100 valence electrons. The van der Waals surface area contributed by atoms with Crippen LogP contribution in [0.1, 0.15) is 5.56 Å². The number of hydrogen-bond donors (Lipinski definition) is 1. The summed E-state index contributed by atoms with van der Waals surface area (Å²) < 4.78 is 10.6. The predicted molar refractivity (Wildman–Crippen MR) is 71.9 cm³/mol. The van der Waals surface area contributed by atoms with Crippen molar-refractivity contribution in [2.75, 3.05) is 40.0 Å². The second kappa shape index (κ2) is 6.73. The van der Waals surface area contributed by atoms with E-state index in [9.17, 15) is 0 Å². The van der Waals surface area contributed by atoms with Crippen LogP contribution in [-0.2, 0) is 11.2 Å². The van der Waals surface area contributed by atoms with Gasteiger partial charge < -0.3 is 15.2 Å². The highest BCUT2D eigenvalue weighted by Crippen LogP contribution is 2.16. The first-order valence-corrected chi connectivity index (χ1v) is 6.48. The van der Waals surface area contributed by atoms with Gasteiger partial charge in [0.25, 0.3) is 0 Å². The molecule has 1 unspecified atom stereocenters. The number of nitrogens with two attached hydrogens (primary N) is 1. The van der Waals surface area contributed by atoms with E-state index in [1.165, 1.54) is 5.56 Å². The molecule has 0 spiro atoms. The van der Waals surface area contributed by atoms with Crippen molar-refractivity contribution in [1.29, 1.82) is 0 Å². The molecule has 4 nitrogen and oxygen atoms in total. The smallest absolute Gasteiger partial charge is 0.119 e. The van der Waals surface area contributed by atoms with E-state index in [2.05, 4.69) is 17.0 Å². The van der Waals surface area contributed by atoms with E-state index in [1.54, 1.807) is 7.11 Å². The lowest BCUT2D eigenvalue weighted by atomic mass is 10.0. The Bertz CT molecular complexity index is 365. The Balaban J connectivity index is 1.99. The number of methoxy groups -OCH3 is 1. The highest BCUT2D eigenvalue weighted by atomic mass is 16.5. The van der Waals surface area contributed by atoms with Crippen LogP contribution >= 0.6 is 0 Å². The van der Waals surface area contributed by atoms with Crippen LogP contribution in [0.3, 0.4) is 0 Å². The minimum absolute atomic E-state index is 0.390. The zero-order valence-corrected chi connectivity index (χ0v) is 11.0. The Hall–Kier alpha value is -1.10. The van der Waals surface area contributed by atoms with Gasteiger partial charge in [-0.2, -0.15) is 0 Å².